The normalized spacial score (nSPS) is 11.1. The SMILES string of the molecule is CC(C)NC(=O)Nc1ccc(C(=O)NC(C)(C)CN)cc1. The number of carbonyl (C=O) groups excluding carboxylic acids is 2. The van der Waals surface area contributed by atoms with Crippen LogP contribution in [0.25, 0.3) is 0 Å². The van der Waals surface area contributed by atoms with E-state index in [1.54, 1.807) is 24.3 Å². The van der Waals surface area contributed by atoms with Crippen molar-refractivity contribution >= 4 is 17.6 Å². The topological polar surface area (TPSA) is 96.2 Å². The van der Waals surface area contributed by atoms with Gasteiger partial charge in [0.05, 0.1) is 0 Å². The van der Waals surface area contributed by atoms with Gasteiger partial charge in [0, 0.05) is 29.4 Å². The molecule has 0 atom stereocenters. The number of rotatable bonds is 5. The van der Waals surface area contributed by atoms with Crippen molar-refractivity contribution in [3.05, 3.63) is 29.8 Å². The summed E-state index contributed by atoms with van der Waals surface area (Å²) in [6.45, 7) is 7.83. The minimum Gasteiger partial charge on any atom is -0.346 e. The fourth-order valence-corrected chi connectivity index (χ4v) is 1.56. The van der Waals surface area contributed by atoms with E-state index in [9.17, 15) is 9.59 Å². The van der Waals surface area contributed by atoms with Crippen molar-refractivity contribution in [3.63, 3.8) is 0 Å². The Bertz CT molecular complexity index is 495. The van der Waals surface area contributed by atoms with Crippen molar-refractivity contribution in [3.8, 4) is 0 Å². The Morgan fingerprint density at radius 1 is 1.19 bits per heavy atom. The van der Waals surface area contributed by atoms with Crippen LogP contribution in [0.2, 0.25) is 0 Å². The third-order valence-corrected chi connectivity index (χ3v) is 2.79. The molecule has 0 aliphatic heterocycles. The number of urea groups is 1. The molecule has 116 valence electrons. The van der Waals surface area contributed by atoms with E-state index in [0.29, 0.717) is 17.8 Å². The fraction of sp³-hybridized carbons (Fsp3) is 0.467. The van der Waals surface area contributed by atoms with Gasteiger partial charge in [-0.15, -0.1) is 0 Å². The predicted octanol–water partition coefficient (Wildman–Crippen LogP) is 1.68. The van der Waals surface area contributed by atoms with Crippen molar-refractivity contribution < 1.29 is 9.59 Å². The summed E-state index contributed by atoms with van der Waals surface area (Å²) in [7, 11) is 0. The minimum absolute atomic E-state index is 0.0635. The molecule has 0 bridgehead atoms. The fourth-order valence-electron chi connectivity index (χ4n) is 1.56. The summed E-state index contributed by atoms with van der Waals surface area (Å²) in [5.74, 6) is -0.191. The Morgan fingerprint density at radius 3 is 2.24 bits per heavy atom. The molecule has 0 saturated heterocycles. The summed E-state index contributed by atoms with van der Waals surface area (Å²) in [5, 5.41) is 8.27. The smallest absolute Gasteiger partial charge is 0.319 e. The van der Waals surface area contributed by atoms with Crippen molar-refractivity contribution in [2.24, 2.45) is 5.73 Å². The second kappa shape index (κ2) is 7.08. The van der Waals surface area contributed by atoms with Gasteiger partial charge in [0.2, 0.25) is 0 Å². The Labute approximate surface area is 125 Å². The molecule has 0 heterocycles. The summed E-state index contributed by atoms with van der Waals surface area (Å²) in [5.41, 5.74) is 6.28. The number of anilines is 1. The second-order valence-electron chi connectivity index (χ2n) is 5.87. The molecule has 1 aromatic rings. The lowest BCUT2D eigenvalue weighted by Crippen LogP contribution is -2.48. The van der Waals surface area contributed by atoms with E-state index >= 15 is 0 Å². The zero-order chi connectivity index (χ0) is 16.0. The Balaban J connectivity index is 2.66. The van der Waals surface area contributed by atoms with Crippen molar-refractivity contribution in [1.29, 1.82) is 0 Å². The summed E-state index contributed by atoms with van der Waals surface area (Å²) in [4.78, 5) is 23.6. The van der Waals surface area contributed by atoms with Gasteiger partial charge in [0.25, 0.3) is 5.91 Å². The van der Waals surface area contributed by atoms with E-state index in [2.05, 4.69) is 16.0 Å². The number of nitrogens with one attached hydrogen (secondary N) is 3. The molecule has 0 saturated carbocycles. The zero-order valence-electron chi connectivity index (χ0n) is 13.0. The molecule has 1 aromatic carbocycles. The Morgan fingerprint density at radius 2 is 1.76 bits per heavy atom. The number of benzene rings is 1. The molecular weight excluding hydrogens is 268 g/mol. The molecule has 0 unspecified atom stereocenters. The molecular formula is C15H24N4O2. The van der Waals surface area contributed by atoms with E-state index in [4.69, 9.17) is 5.73 Å². The van der Waals surface area contributed by atoms with Crippen LogP contribution in [-0.2, 0) is 0 Å². The summed E-state index contributed by atoms with van der Waals surface area (Å²) in [6, 6.07) is 6.48. The van der Waals surface area contributed by atoms with Gasteiger partial charge in [-0.05, 0) is 52.0 Å². The Kier molecular flexibility index (Phi) is 5.72. The largest absolute Gasteiger partial charge is 0.346 e. The molecule has 6 nitrogen and oxygen atoms in total. The average molecular weight is 292 g/mol. The lowest BCUT2D eigenvalue weighted by molar-refractivity contribution is 0.0915. The molecule has 0 aromatic heterocycles. The number of amides is 3. The van der Waals surface area contributed by atoms with Crippen LogP contribution in [0.3, 0.4) is 0 Å². The first-order valence-electron chi connectivity index (χ1n) is 6.93. The molecule has 5 N–H and O–H groups in total. The van der Waals surface area contributed by atoms with Gasteiger partial charge < -0.3 is 21.7 Å². The minimum atomic E-state index is -0.453. The van der Waals surface area contributed by atoms with E-state index in [0.717, 1.165) is 0 Å². The van der Waals surface area contributed by atoms with Gasteiger partial charge in [-0.25, -0.2) is 4.79 Å². The average Bonchev–Trinajstić information content (AvgIpc) is 2.38. The van der Waals surface area contributed by atoms with Crippen LogP contribution in [-0.4, -0.2) is 30.1 Å². The standard InChI is InChI=1S/C15H24N4O2/c1-10(2)17-14(21)18-12-7-5-11(6-8-12)13(20)19-15(3,4)9-16/h5-8,10H,9,16H2,1-4H3,(H,19,20)(H2,17,18,21). The van der Waals surface area contributed by atoms with E-state index in [1.165, 1.54) is 0 Å². The second-order valence-corrected chi connectivity index (χ2v) is 5.87. The molecule has 0 spiro atoms. The molecule has 6 heteroatoms. The van der Waals surface area contributed by atoms with Gasteiger partial charge in [-0.3, -0.25) is 4.79 Å². The molecule has 0 fully saturated rings. The van der Waals surface area contributed by atoms with Crippen LogP contribution < -0.4 is 21.7 Å². The highest BCUT2D eigenvalue weighted by Gasteiger charge is 2.19. The molecule has 1 rings (SSSR count). The van der Waals surface area contributed by atoms with Gasteiger partial charge in [0.1, 0.15) is 0 Å². The molecule has 0 aliphatic rings. The third kappa shape index (κ3) is 5.83. The number of carbonyl (C=O) groups is 2. The lowest BCUT2D eigenvalue weighted by Gasteiger charge is -2.24. The zero-order valence-corrected chi connectivity index (χ0v) is 13.0. The summed E-state index contributed by atoms with van der Waals surface area (Å²) < 4.78 is 0. The summed E-state index contributed by atoms with van der Waals surface area (Å²) in [6.07, 6.45) is 0. The predicted molar refractivity (Wildman–Crippen MR) is 84.3 cm³/mol. The highest BCUT2D eigenvalue weighted by molar-refractivity contribution is 5.96. The summed E-state index contributed by atoms with van der Waals surface area (Å²) >= 11 is 0. The van der Waals surface area contributed by atoms with Gasteiger partial charge in [0.15, 0.2) is 0 Å². The maximum Gasteiger partial charge on any atom is 0.319 e. The lowest BCUT2D eigenvalue weighted by atomic mass is 10.1. The number of nitrogens with two attached hydrogens (primary N) is 1. The van der Waals surface area contributed by atoms with E-state index in [-0.39, 0.29) is 18.0 Å². The first-order chi connectivity index (χ1) is 9.73. The van der Waals surface area contributed by atoms with Crippen LogP contribution in [0.4, 0.5) is 10.5 Å². The van der Waals surface area contributed by atoms with Crippen molar-refractivity contribution in [2.45, 2.75) is 39.3 Å². The number of hydrogen-bond donors (Lipinski definition) is 4. The third-order valence-electron chi connectivity index (χ3n) is 2.79. The number of hydrogen-bond acceptors (Lipinski definition) is 3. The molecule has 3 amide bonds. The van der Waals surface area contributed by atoms with Gasteiger partial charge in [-0.1, -0.05) is 0 Å². The van der Waals surface area contributed by atoms with Crippen molar-refractivity contribution in [2.75, 3.05) is 11.9 Å². The quantitative estimate of drug-likeness (QED) is 0.665. The van der Waals surface area contributed by atoms with Crippen LogP contribution in [0.1, 0.15) is 38.1 Å². The van der Waals surface area contributed by atoms with Gasteiger partial charge >= 0.3 is 6.03 Å². The highest BCUT2D eigenvalue weighted by atomic mass is 16.2. The first-order valence-corrected chi connectivity index (χ1v) is 6.93. The highest BCUT2D eigenvalue weighted by Crippen LogP contribution is 2.11. The van der Waals surface area contributed by atoms with Gasteiger partial charge in [-0.2, -0.15) is 0 Å². The molecule has 0 radical (unpaired) electrons. The Hall–Kier alpha value is -2.08. The van der Waals surface area contributed by atoms with Crippen LogP contribution in [0, 0.1) is 0 Å². The maximum absolute atomic E-state index is 12.0. The molecule has 21 heavy (non-hydrogen) atoms. The van der Waals surface area contributed by atoms with Crippen LogP contribution in [0.5, 0.6) is 0 Å². The van der Waals surface area contributed by atoms with Crippen LogP contribution in [0.15, 0.2) is 24.3 Å². The van der Waals surface area contributed by atoms with E-state index < -0.39 is 5.54 Å². The van der Waals surface area contributed by atoms with Crippen molar-refractivity contribution in [1.82, 2.24) is 10.6 Å². The maximum atomic E-state index is 12.0. The van der Waals surface area contributed by atoms with Crippen LogP contribution >= 0.6 is 0 Å². The first kappa shape index (κ1) is 17.0. The monoisotopic (exact) mass is 292 g/mol. The molecule has 0 aliphatic carbocycles. The van der Waals surface area contributed by atoms with E-state index in [1.807, 2.05) is 27.7 Å².